The van der Waals surface area contributed by atoms with Crippen LogP contribution < -0.4 is 11.1 Å². The Hall–Kier alpha value is -2.37. The van der Waals surface area contributed by atoms with Crippen LogP contribution in [0.5, 0.6) is 0 Å². The van der Waals surface area contributed by atoms with Crippen molar-refractivity contribution in [2.45, 2.75) is 6.92 Å². The lowest BCUT2D eigenvalue weighted by atomic mass is 10.1. The van der Waals surface area contributed by atoms with E-state index in [1.807, 2.05) is 0 Å². The second-order valence-corrected chi connectivity index (χ2v) is 3.99. The van der Waals surface area contributed by atoms with Gasteiger partial charge in [0.1, 0.15) is 5.82 Å². The number of aromatic nitrogens is 2. The Kier molecular flexibility index (Phi) is 3.01. The molecule has 1 aromatic carbocycles. The minimum atomic E-state index is -0.503. The Bertz CT molecular complexity index is 606. The molecule has 0 aliphatic carbocycles. The molecule has 0 fully saturated rings. The van der Waals surface area contributed by atoms with Crippen molar-refractivity contribution in [2.75, 3.05) is 11.1 Å². The molecule has 0 unspecified atom stereocenters. The van der Waals surface area contributed by atoms with Gasteiger partial charge in [-0.1, -0.05) is 0 Å². The fourth-order valence-corrected chi connectivity index (χ4v) is 1.64. The first kappa shape index (κ1) is 12.1. The van der Waals surface area contributed by atoms with Gasteiger partial charge in [-0.3, -0.25) is 9.48 Å². The highest BCUT2D eigenvalue weighted by Gasteiger charge is 2.13. The Morgan fingerprint density at radius 3 is 2.83 bits per heavy atom. The molecule has 0 spiro atoms. The van der Waals surface area contributed by atoms with Crippen LogP contribution in [0.1, 0.15) is 16.1 Å². The number of rotatable bonds is 2. The number of hydrogen-bond acceptors (Lipinski definition) is 3. The number of aryl methyl sites for hydroxylation is 2. The second-order valence-electron chi connectivity index (χ2n) is 3.99. The molecule has 0 aliphatic heterocycles. The van der Waals surface area contributed by atoms with Gasteiger partial charge in [0.15, 0.2) is 0 Å². The summed E-state index contributed by atoms with van der Waals surface area (Å²) in [6, 6.07) is 3.68. The maximum absolute atomic E-state index is 13.1. The van der Waals surface area contributed by atoms with Crippen LogP contribution in [-0.2, 0) is 7.05 Å². The molecule has 0 atom stereocenters. The fourth-order valence-electron chi connectivity index (χ4n) is 1.64. The van der Waals surface area contributed by atoms with Gasteiger partial charge in [0, 0.05) is 18.9 Å². The Morgan fingerprint density at radius 2 is 2.22 bits per heavy atom. The zero-order valence-electron chi connectivity index (χ0n) is 10.1. The second kappa shape index (κ2) is 4.48. The van der Waals surface area contributed by atoms with Crippen molar-refractivity contribution in [3.63, 3.8) is 0 Å². The van der Waals surface area contributed by atoms with Crippen LogP contribution in [-0.4, -0.2) is 15.7 Å². The van der Waals surface area contributed by atoms with Crippen LogP contribution >= 0.6 is 0 Å². The van der Waals surface area contributed by atoms with Crippen molar-refractivity contribution >= 4 is 17.3 Å². The van der Waals surface area contributed by atoms with Gasteiger partial charge in [0.05, 0.1) is 16.9 Å². The lowest BCUT2D eigenvalue weighted by Crippen LogP contribution is -2.14. The Morgan fingerprint density at radius 1 is 1.50 bits per heavy atom. The number of nitrogens with zero attached hydrogens (tertiary/aromatic N) is 2. The number of amides is 1. The van der Waals surface area contributed by atoms with E-state index in [1.54, 1.807) is 24.9 Å². The highest BCUT2D eigenvalue weighted by molar-refractivity contribution is 6.07. The monoisotopic (exact) mass is 248 g/mol. The van der Waals surface area contributed by atoms with Crippen molar-refractivity contribution in [2.24, 2.45) is 7.05 Å². The molecule has 0 radical (unpaired) electrons. The van der Waals surface area contributed by atoms with Gasteiger partial charge in [-0.15, -0.1) is 0 Å². The topological polar surface area (TPSA) is 72.9 Å². The molecule has 1 amide bonds. The van der Waals surface area contributed by atoms with Crippen molar-refractivity contribution < 1.29 is 9.18 Å². The predicted molar refractivity (Wildman–Crippen MR) is 66.7 cm³/mol. The summed E-state index contributed by atoms with van der Waals surface area (Å²) < 4.78 is 14.7. The predicted octanol–water partition coefficient (Wildman–Crippen LogP) is 1.70. The Labute approximate surface area is 103 Å². The third kappa shape index (κ3) is 2.32. The van der Waals surface area contributed by atoms with Gasteiger partial charge >= 0.3 is 0 Å². The maximum Gasteiger partial charge on any atom is 0.257 e. The van der Waals surface area contributed by atoms with E-state index in [1.165, 1.54) is 12.1 Å². The number of halogens is 1. The quantitative estimate of drug-likeness (QED) is 0.794. The summed E-state index contributed by atoms with van der Waals surface area (Å²) in [5.41, 5.74) is 7.24. The largest absolute Gasteiger partial charge is 0.398 e. The van der Waals surface area contributed by atoms with E-state index in [9.17, 15) is 9.18 Å². The van der Waals surface area contributed by atoms with Gasteiger partial charge in [-0.2, -0.15) is 5.10 Å². The van der Waals surface area contributed by atoms with Gasteiger partial charge in [0.25, 0.3) is 5.91 Å². The van der Waals surface area contributed by atoms with Crippen LogP contribution in [0.2, 0.25) is 0 Å². The van der Waals surface area contributed by atoms with Crippen LogP contribution in [0.15, 0.2) is 24.4 Å². The fraction of sp³-hybridized carbons (Fsp3) is 0.167. The lowest BCUT2D eigenvalue weighted by molar-refractivity contribution is 0.102. The van der Waals surface area contributed by atoms with Crippen LogP contribution in [0.25, 0.3) is 0 Å². The van der Waals surface area contributed by atoms with E-state index in [-0.39, 0.29) is 11.3 Å². The standard InChI is InChI=1S/C12H13FN4O/c1-7-11(6-17(2)16-7)15-12(18)9-5-8(13)3-4-10(9)14/h3-6H,14H2,1-2H3,(H,15,18). The summed E-state index contributed by atoms with van der Waals surface area (Å²) in [5.74, 6) is -0.958. The number of nitrogen functional groups attached to an aromatic ring is 1. The molecule has 6 heteroatoms. The minimum Gasteiger partial charge on any atom is -0.398 e. The summed E-state index contributed by atoms with van der Waals surface area (Å²) in [6.45, 7) is 1.77. The first-order valence-corrected chi connectivity index (χ1v) is 5.34. The molecular weight excluding hydrogens is 235 g/mol. The number of carbonyl (C=O) groups is 1. The van der Waals surface area contributed by atoms with Gasteiger partial charge in [0.2, 0.25) is 0 Å². The SMILES string of the molecule is Cc1nn(C)cc1NC(=O)c1cc(F)ccc1N. The first-order valence-electron chi connectivity index (χ1n) is 5.34. The number of hydrogen-bond donors (Lipinski definition) is 2. The van der Waals surface area contributed by atoms with Gasteiger partial charge in [-0.05, 0) is 25.1 Å². The maximum atomic E-state index is 13.1. The molecule has 1 heterocycles. The molecule has 5 nitrogen and oxygen atoms in total. The number of carbonyl (C=O) groups excluding carboxylic acids is 1. The molecule has 2 aromatic rings. The summed E-state index contributed by atoms with van der Waals surface area (Å²) in [6.07, 6.45) is 1.67. The molecule has 1 aromatic heterocycles. The van der Waals surface area contributed by atoms with Crippen molar-refractivity contribution in [3.05, 3.63) is 41.5 Å². The lowest BCUT2D eigenvalue weighted by Gasteiger charge is -2.06. The average molecular weight is 248 g/mol. The van der Waals surface area contributed by atoms with Crippen LogP contribution in [0, 0.1) is 12.7 Å². The third-order valence-corrected chi connectivity index (χ3v) is 2.52. The minimum absolute atomic E-state index is 0.109. The zero-order chi connectivity index (χ0) is 13.3. The zero-order valence-corrected chi connectivity index (χ0v) is 10.1. The molecule has 0 saturated heterocycles. The van der Waals surface area contributed by atoms with E-state index in [0.717, 1.165) is 6.07 Å². The van der Waals surface area contributed by atoms with Gasteiger partial charge < -0.3 is 11.1 Å². The van der Waals surface area contributed by atoms with E-state index in [4.69, 9.17) is 5.73 Å². The number of nitrogens with two attached hydrogens (primary N) is 1. The number of nitrogens with one attached hydrogen (secondary N) is 1. The van der Waals surface area contributed by atoms with Crippen LogP contribution in [0.4, 0.5) is 15.8 Å². The van der Waals surface area contributed by atoms with E-state index in [0.29, 0.717) is 11.4 Å². The molecule has 0 aliphatic rings. The molecule has 94 valence electrons. The summed E-state index contributed by atoms with van der Waals surface area (Å²) >= 11 is 0. The van der Waals surface area contributed by atoms with Crippen molar-refractivity contribution in [1.82, 2.24) is 9.78 Å². The smallest absolute Gasteiger partial charge is 0.257 e. The number of anilines is 2. The summed E-state index contributed by atoms with van der Waals surface area (Å²) in [7, 11) is 1.75. The van der Waals surface area contributed by atoms with E-state index >= 15 is 0 Å². The highest BCUT2D eigenvalue weighted by Crippen LogP contribution is 2.17. The third-order valence-electron chi connectivity index (χ3n) is 2.52. The first-order chi connectivity index (χ1) is 8.47. The molecule has 18 heavy (non-hydrogen) atoms. The van der Waals surface area contributed by atoms with Crippen molar-refractivity contribution in [3.8, 4) is 0 Å². The normalized spacial score (nSPS) is 10.4. The Balaban J connectivity index is 2.27. The summed E-state index contributed by atoms with van der Waals surface area (Å²) in [4.78, 5) is 12.0. The molecule has 3 N–H and O–H groups in total. The summed E-state index contributed by atoms with van der Waals surface area (Å²) in [5, 5.41) is 6.74. The molecular formula is C12H13FN4O. The van der Waals surface area contributed by atoms with Crippen LogP contribution in [0.3, 0.4) is 0 Å². The average Bonchev–Trinajstić information content (AvgIpc) is 2.61. The van der Waals surface area contributed by atoms with E-state index < -0.39 is 11.7 Å². The molecule has 0 bridgehead atoms. The molecule has 2 rings (SSSR count). The van der Waals surface area contributed by atoms with Crippen molar-refractivity contribution in [1.29, 1.82) is 0 Å². The van der Waals surface area contributed by atoms with E-state index in [2.05, 4.69) is 10.4 Å². The highest BCUT2D eigenvalue weighted by atomic mass is 19.1. The van der Waals surface area contributed by atoms with Gasteiger partial charge in [-0.25, -0.2) is 4.39 Å². The molecule has 0 saturated carbocycles. The number of benzene rings is 1.